The van der Waals surface area contributed by atoms with Gasteiger partial charge in [0.05, 0.1) is 34.4 Å². The molecule has 0 rings (SSSR count). The van der Waals surface area contributed by atoms with Crippen LogP contribution >= 0.6 is 7.82 Å². The first-order chi connectivity index (χ1) is 24.1. The largest absolute Gasteiger partial charge is 0.472 e. The third-order valence-corrected chi connectivity index (χ3v) is 9.72. The molecule has 2 atom stereocenters. The first-order valence-corrected chi connectivity index (χ1v) is 22.1. The highest BCUT2D eigenvalue weighted by Gasteiger charge is 2.26. The molecule has 0 amide bonds. The molecule has 8 nitrogen and oxygen atoms in total. The van der Waals surface area contributed by atoms with Gasteiger partial charge in [0.15, 0.2) is 0 Å². The lowest BCUT2D eigenvalue weighted by Gasteiger charge is -2.24. The minimum Gasteiger partial charge on any atom is -0.457 e. The maximum atomic E-state index is 12.6. The molecule has 0 fully saturated rings. The van der Waals surface area contributed by atoms with Gasteiger partial charge in [0.1, 0.15) is 19.3 Å². The fourth-order valence-corrected chi connectivity index (χ4v) is 6.21. The highest BCUT2D eigenvalue weighted by molar-refractivity contribution is 7.47. The molecule has 9 heteroatoms. The summed E-state index contributed by atoms with van der Waals surface area (Å²) in [5.41, 5.74) is 0. The van der Waals surface area contributed by atoms with Crippen molar-refractivity contribution in [1.82, 2.24) is 0 Å². The van der Waals surface area contributed by atoms with Gasteiger partial charge in [-0.05, 0) is 57.8 Å². The third-order valence-electron chi connectivity index (χ3n) is 8.74. The van der Waals surface area contributed by atoms with Gasteiger partial charge in [-0.2, -0.15) is 0 Å². The molecule has 0 aromatic rings. The molecule has 0 heterocycles. The molecule has 0 bridgehead atoms. The summed E-state index contributed by atoms with van der Waals surface area (Å²) in [5, 5.41) is 0. The molecule has 2 unspecified atom stereocenters. The molecule has 0 aliphatic rings. The average molecular weight is 731 g/mol. The second-order valence-corrected chi connectivity index (χ2v) is 16.5. The second-order valence-electron chi connectivity index (χ2n) is 15.0. The van der Waals surface area contributed by atoms with E-state index in [0.717, 1.165) is 44.9 Å². The number of hydrogen-bond acceptors (Lipinski definition) is 6. The number of nitrogens with zero attached hydrogens (tertiary/aromatic N) is 1. The molecule has 0 saturated heterocycles. The lowest BCUT2D eigenvalue weighted by Crippen LogP contribution is -2.37. The Morgan fingerprint density at radius 3 is 1.58 bits per heavy atom. The van der Waals surface area contributed by atoms with Crippen LogP contribution in [0.3, 0.4) is 0 Å². The smallest absolute Gasteiger partial charge is 0.457 e. The van der Waals surface area contributed by atoms with Crippen LogP contribution < -0.4 is 0 Å². The fraction of sp³-hybridized carbons (Fsp3) is 0.878. The van der Waals surface area contributed by atoms with E-state index in [1.807, 2.05) is 21.1 Å². The van der Waals surface area contributed by atoms with Gasteiger partial charge in [-0.15, -0.1) is 0 Å². The van der Waals surface area contributed by atoms with E-state index < -0.39 is 13.9 Å². The summed E-state index contributed by atoms with van der Waals surface area (Å²) in [6.45, 7) is 5.56. The maximum absolute atomic E-state index is 12.6. The van der Waals surface area contributed by atoms with Crippen LogP contribution in [0, 0.1) is 0 Å². The predicted octanol–water partition coefficient (Wildman–Crippen LogP) is 11.7. The first kappa shape index (κ1) is 49.0. The average Bonchev–Trinajstić information content (AvgIpc) is 3.06. The minimum absolute atomic E-state index is 0.0867. The van der Waals surface area contributed by atoms with E-state index in [2.05, 4.69) is 38.2 Å². The van der Waals surface area contributed by atoms with Crippen LogP contribution in [0.2, 0.25) is 0 Å². The number of hydrogen-bond donors (Lipinski definition) is 1. The van der Waals surface area contributed by atoms with E-state index in [1.54, 1.807) is 0 Å². The summed E-state index contributed by atoms with van der Waals surface area (Å²) in [7, 11) is 1.66. The SMILES string of the molecule is CCCC/C=C\CCCCCCCC(=O)OC(COCCCCCCCC/C=C\CCCCCCCCC)COP(=O)(O)OCC[N+](C)(C)C. The van der Waals surface area contributed by atoms with E-state index in [-0.39, 0.29) is 25.8 Å². The summed E-state index contributed by atoms with van der Waals surface area (Å²) in [5.74, 6) is -0.326. The topological polar surface area (TPSA) is 91.3 Å². The van der Waals surface area contributed by atoms with E-state index in [9.17, 15) is 14.3 Å². The van der Waals surface area contributed by atoms with Gasteiger partial charge in [0.2, 0.25) is 0 Å². The van der Waals surface area contributed by atoms with Crippen LogP contribution in [-0.2, 0) is 27.9 Å². The summed E-state index contributed by atoms with van der Waals surface area (Å²) in [6, 6.07) is 0. The van der Waals surface area contributed by atoms with Crippen molar-refractivity contribution in [2.75, 3.05) is 54.1 Å². The number of esters is 1. The Morgan fingerprint density at radius 2 is 1.06 bits per heavy atom. The molecule has 0 aromatic carbocycles. The van der Waals surface area contributed by atoms with Gasteiger partial charge in [-0.3, -0.25) is 13.8 Å². The van der Waals surface area contributed by atoms with E-state index in [1.165, 1.54) is 109 Å². The summed E-state index contributed by atoms with van der Waals surface area (Å²) in [4.78, 5) is 22.8. The summed E-state index contributed by atoms with van der Waals surface area (Å²) in [6.07, 6.45) is 37.8. The van der Waals surface area contributed by atoms with Crippen LogP contribution in [0.25, 0.3) is 0 Å². The normalized spacial score (nSPS) is 14.1. The first-order valence-electron chi connectivity index (χ1n) is 20.6. The second kappa shape index (κ2) is 35.0. The Hall–Kier alpha value is -1.02. The van der Waals surface area contributed by atoms with Crippen molar-refractivity contribution in [3.05, 3.63) is 24.3 Å². The Kier molecular flexibility index (Phi) is 34.3. The van der Waals surface area contributed by atoms with Crippen LogP contribution in [0.1, 0.15) is 174 Å². The van der Waals surface area contributed by atoms with E-state index in [0.29, 0.717) is 24.1 Å². The highest BCUT2D eigenvalue weighted by atomic mass is 31.2. The number of unbranched alkanes of at least 4 members (excludes halogenated alkanes) is 20. The Labute approximate surface area is 309 Å². The van der Waals surface area contributed by atoms with Crippen molar-refractivity contribution >= 4 is 13.8 Å². The number of allylic oxidation sites excluding steroid dienone is 4. The minimum atomic E-state index is -4.27. The van der Waals surface area contributed by atoms with Crippen LogP contribution in [0.4, 0.5) is 0 Å². The van der Waals surface area contributed by atoms with Crippen molar-refractivity contribution < 1.29 is 37.3 Å². The monoisotopic (exact) mass is 731 g/mol. The number of phosphoric ester groups is 1. The molecule has 0 spiro atoms. The van der Waals surface area contributed by atoms with Crippen LogP contribution in [-0.4, -0.2) is 75.6 Å². The molecule has 0 radical (unpaired) electrons. The van der Waals surface area contributed by atoms with Crippen molar-refractivity contribution in [3.63, 3.8) is 0 Å². The molecular weight excluding hydrogens is 649 g/mol. The molecule has 296 valence electrons. The molecule has 0 aliphatic carbocycles. The summed E-state index contributed by atoms with van der Waals surface area (Å²) >= 11 is 0. The number of phosphoric acid groups is 1. The molecular formula is C41H81NO7P+. The molecule has 1 N–H and O–H groups in total. The number of likely N-dealkylation sites (N-methyl/N-ethyl adjacent to an activating group) is 1. The van der Waals surface area contributed by atoms with Crippen molar-refractivity contribution in [1.29, 1.82) is 0 Å². The fourth-order valence-electron chi connectivity index (χ4n) is 5.47. The number of carbonyl (C=O) groups is 1. The van der Waals surface area contributed by atoms with Crippen molar-refractivity contribution in [3.8, 4) is 0 Å². The maximum Gasteiger partial charge on any atom is 0.472 e. The Morgan fingerprint density at radius 1 is 0.600 bits per heavy atom. The van der Waals surface area contributed by atoms with Crippen LogP contribution in [0.5, 0.6) is 0 Å². The van der Waals surface area contributed by atoms with Gasteiger partial charge in [-0.1, -0.05) is 134 Å². The van der Waals surface area contributed by atoms with Crippen molar-refractivity contribution in [2.24, 2.45) is 0 Å². The van der Waals surface area contributed by atoms with Crippen molar-refractivity contribution in [2.45, 2.75) is 180 Å². The van der Waals surface area contributed by atoms with Gasteiger partial charge in [-0.25, -0.2) is 4.57 Å². The van der Waals surface area contributed by atoms with E-state index >= 15 is 0 Å². The van der Waals surface area contributed by atoms with Gasteiger partial charge in [0, 0.05) is 13.0 Å². The van der Waals surface area contributed by atoms with Gasteiger partial charge >= 0.3 is 13.8 Å². The molecule has 0 saturated carbocycles. The number of carbonyl (C=O) groups excluding carboxylic acids is 1. The zero-order valence-electron chi connectivity index (χ0n) is 33.4. The van der Waals surface area contributed by atoms with Gasteiger partial charge in [0.25, 0.3) is 0 Å². The lowest BCUT2D eigenvalue weighted by atomic mass is 10.1. The molecule has 0 aromatic heterocycles. The van der Waals surface area contributed by atoms with E-state index in [4.69, 9.17) is 18.5 Å². The number of quaternary nitrogens is 1. The zero-order chi connectivity index (χ0) is 37.0. The quantitative estimate of drug-likeness (QED) is 0.0222. The van der Waals surface area contributed by atoms with Crippen LogP contribution in [0.15, 0.2) is 24.3 Å². The third kappa shape index (κ3) is 38.2. The number of rotatable bonds is 38. The predicted molar refractivity (Wildman–Crippen MR) is 210 cm³/mol. The Bertz CT molecular complexity index is 858. The summed E-state index contributed by atoms with van der Waals surface area (Å²) < 4.78 is 34.9. The number of ether oxygens (including phenoxy) is 2. The molecule has 50 heavy (non-hydrogen) atoms. The highest BCUT2D eigenvalue weighted by Crippen LogP contribution is 2.43. The lowest BCUT2D eigenvalue weighted by molar-refractivity contribution is -0.870. The standard InChI is InChI=1S/C41H80NO7P/c1-6-8-10-12-14-16-18-19-20-21-22-23-25-27-29-31-33-36-46-38-40(39-48-50(44,45)47-37-35-42(3,4)5)49-41(43)34-32-30-28-26-24-17-15-13-11-9-7-2/h13,15,20-21,40H,6-12,14,16-19,22-39H2,1-5H3/p+1/b15-13-,21-20-. The molecule has 0 aliphatic heterocycles. The van der Waals surface area contributed by atoms with Gasteiger partial charge < -0.3 is 18.9 Å². The Balaban J connectivity index is 4.24. The zero-order valence-corrected chi connectivity index (χ0v) is 34.3.